The average molecular weight is 297 g/mol. The minimum Gasteiger partial charge on any atom is -0.319 e. The van der Waals surface area contributed by atoms with E-state index in [1.165, 1.54) is 19.1 Å². The van der Waals surface area contributed by atoms with E-state index in [4.69, 9.17) is 5.26 Å². The molecule has 1 aliphatic rings. The second-order valence-corrected chi connectivity index (χ2v) is 4.65. The van der Waals surface area contributed by atoms with E-state index < -0.39 is 35.8 Å². The number of carbonyl (C=O) groups excluding carboxylic acids is 2. The van der Waals surface area contributed by atoms with Crippen LogP contribution in [-0.2, 0) is 16.5 Å². The Morgan fingerprint density at radius 2 is 1.95 bits per heavy atom. The summed E-state index contributed by atoms with van der Waals surface area (Å²) in [4.78, 5) is 24.5. The number of halogens is 3. The van der Waals surface area contributed by atoms with E-state index in [1.54, 1.807) is 6.07 Å². The van der Waals surface area contributed by atoms with Gasteiger partial charge in [-0.2, -0.15) is 18.4 Å². The van der Waals surface area contributed by atoms with E-state index in [1.807, 2.05) is 0 Å². The molecule has 1 saturated heterocycles. The van der Waals surface area contributed by atoms with Crippen molar-refractivity contribution < 1.29 is 22.8 Å². The Morgan fingerprint density at radius 3 is 2.52 bits per heavy atom. The SMILES string of the molecule is CC1(c2ccccc2C(F)(F)F)NC(=O)N(CC#N)C1=O. The molecule has 1 atom stereocenters. The zero-order chi connectivity index (χ0) is 15.8. The maximum Gasteiger partial charge on any atom is 0.416 e. The molecule has 1 unspecified atom stereocenters. The number of amides is 3. The normalized spacial score (nSPS) is 22.1. The van der Waals surface area contributed by atoms with Gasteiger partial charge in [-0.05, 0) is 18.6 Å². The zero-order valence-corrected chi connectivity index (χ0v) is 10.9. The number of alkyl halides is 3. The van der Waals surface area contributed by atoms with Crippen molar-refractivity contribution in [1.82, 2.24) is 10.2 Å². The summed E-state index contributed by atoms with van der Waals surface area (Å²) in [6, 6.07) is 5.26. The number of hydrogen-bond acceptors (Lipinski definition) is 3. The summed E-state index contributed by atoms with van der Waals surface area (Å²) in [6.07, 6.45) is -4.66. The van der Waals surface area contributed by atoms with Crippen LogP contribution in [0.1, 0.15) is 18.1 Å². The van der Waals surface area contributed by atoms with Crippen LogP contribution in [0.5, 0.6) is 0 Å². The van der Waals surface area contributed by atoms with Gasteiger partial charge in [-0.3, -0.25) is 4.79 Å². The Bertz CT molecular complexity index is 651. The van der Waals surface area contributed by atoms with Gasteiger partial charge in [0.15, 0.2) is 0 Å². The highest BCUT2D eigenvalue weighted by molar-refractivity contribution is 6.07. The molecule has 21 heavy (non-hydrogen) atoms. The molecule has 3 amide bonds. The fourth-order valence-electron chi connectivity index (χ4n) is 2.26. The van der Waals surface area contributed by atoms with Gasteiger partial charge in [-0.25, -0.2) is 9.69 Å². The van der Waals surface area contributed by atoms with Gasteiger partial charge in [0.2, 0.25) is 0 Å². The molecule has 1 aliphatic heterocycles. The second-order valence-electron chi connectivity index (χ2n) is 4.65. The van der Waals surface area contributed by atoms with Gasteiger partial charge in [0.05, 0.1) is 11.6 Å². The van der Waals surface area contributed by atoms with Gasteiger partial charge < -0.3 is 5.32 Å². The number of hydrogen-bond donors (Lipinski definition) is 1. The number of nitriles is 1. The molecule has 0 spiro atoms. The molecule has 5 nitrogen and oxygen atoms in total. The molecule has 1 fully saturated rings. The predicted molar refractivity (Wildman–Crippen MR) is 64.7 cm³/mol. The van der Waals surface area contributed by atoms with Crippen LogP contribution in [0, 0.1) is 11.3 Å². The third-order valence-electron chi connectivity index (χ3n) is 3.27. The summed E-state index contributed by atoms with van der Waals surface area (Å²) in [5.74, 6) is -0.884. The summed E-state index contributed by atoms with van der Waals surface area (Å²) < 4.78 is 39.2. The topological polar surface area (TPSA) is 73.2 Å². The number of nitrogens with zero attached hydrogens (tertiary/aromatic N) is 2. The van der Waals surface area contributed by atoms with Crippen LogP contribution in [-0.4, -0.2) is 23.4 Å². The lowest BCUT2D eigenvalue weighted by atomic mass is 9.88. The second kappa shape index (κ2) is 4.77. The van der Waals surface area contributed by atoms with E-state index in [0.29, 0.717) is 4.90 Å². The lowest BCUT2D eigenvalue weighted by molar-refractivity contribution is -0.140. The summed E-state index contributed by atoms with van der Waals surface area (Å²) in [7, 11) is 0. The molecule has 110 valence electrons. The van der Waals surface area contributed by atoms with E-state index >= 15 is 0 Å². The molecule has 1 N–H and O–H groups in total. The molecule has 0 aliphatic carbocycles. The standard InChI is InChI=1S/C13H10F3N3O2/c1-12(10(20)19(7-6-17)11(21)18-12)8-4-2-3-5-9(8)13(14,15)16/h2-5H,7H2,1H3,(H,18,21). The Kier molecular flexibility index (Phi) is 3.37. The van der Waals surface area contributed by atoms with Gasteiger partial charge in [-0.15, -0.1) is 0 Å². The van der Waals surface area contributed by atoms with E-state index in [-0.39, 0.29) is 5.56 Å². The van der Waals surface area contributed by atoms with Crippen molar-refractivity contribution in [1.29, 1.82) is 5.26 Å². The summed E-state index contributed by atoms with van der Waals surface area (Å²) in [5, 5.41) is 10.8. The quantitative estimate of drug-likeness (QED) is 0.670. The van der Waals surface area contributed by atoms with Crippen LogP contribution in [0.4, 0.5) is 18.0 Å². The number of carbonyl (C=O) groups is 2. The lowest BCUT2D eigenvalue weighted by Gasteiger charge is -2.25. The Morgan fingerprint density at radius 1 is 1.33 bits per heavy atom. The summed E-state index contributed by atoms with van der Waals surface area (Å²) in [5.41, 5.74) is -3.20. The Hall–Kier alpha value is -2.56. The molecule has 1 aromatic carbocycles. The number of imide groups is 1. The van der Waals surface area contributed by atoms with Gasteiger partial charge in [0.25, 0.3) is 5.91 Å². The Balaban J connectivity index is 2.55. The number of urea groups is 1. The molecule has 0 radical (unpaired) electrons. The van der Waals surface area contributed by atoms with Crippen molar-refractivity contribution in [3.8, 4) is 6.07 Å². The van der Waals surface area contributed by atoms with Crippen LogP contribution in [0.3, 0.4) is 0 Å². The van der Waals surface area contributed by atoms with Crippen molar-refractivity contribution in [3.63, 3.8) is 0 Å². The highest BCUT2D eigenvalue weighted by atomic mass is 19.4. The maximum atomic E-state index is 13.1. The molecule has 1 aromatic rings. The van der Waals surface area contributed by atoms with Gasteiger partial charge in [-0.1, -0.05) is 18.2 Å². The molecule has 0 bridgehead atoms. The Labute approximate surface area is 118 Å². The fraction of sp³-hybridized carbons (Fsp3) is 0.308. The average Bonchev–Trinajstić information content (AvgIpc) is 2.63. The molecular formula is C13H10F3N3O2. The minimum atomic E-state index is -4.66. The third kappa shape index (κ3) is 2.31. The third-order valence-corrected chi connectivity index (χ3v) is 3.27. The smallest absolute Gasteiger partial charge is 0.319 e. The van der Waals surface area contributed by atoms with Crippen molar-refractivity contribution in [2.45, 2.75) is 18.6 Å². The van der Waals surface area contributed by atoms with Crippen LogP contribution < -0.4 is 5.32 Å². The first-order chi connectivity index (χ1) is 9.71. The van der Waals surface area contributed by atoms with Crippen molar-refractivity contribution in [3.05, 3.63) is 35.4 Å². The van der Waals surface area contributed by atoms with Crippen molar-refractivity contribution in [2.24, 2.45) is 0 Å². The summed E-state index contributed by atoms with van der Waals surface area (Å²) >= 11 is 0. The molecular weight excluding hydrogens is 287 g/mol. The van der Waals surface area contributed by atoms with E-state index in [0.717, 1.165) is 12.1 Å². The molecule has 0 saturated carbocycles. The van der Waals surface area contributed by atoms with Crippen LogP contribution in [0.2, 0.25) is 0 Å². The molecule has 1 heterocycles. The van der Waals surface area contributed by atoms with Crippen LogP contribution in [0.25, 0.3) is 0 Å². The highest BCUT2D eigenvalue weighted by Gasteiger charge is 2.52. The zero-order valence-electron chi connectivity index (χ0n) is 10.9. The fourth-order valence-corrected chi connectivity index (χ4v) is 2.26. The predicted octanol–water partition coefficient (Wildman–Crippen LogP) is 2.00. The first kappa shape index (κ1) is 14.8. The lowest BCUT2D eigenvalue weighted by Crippen LogP contribution is -2.42. The first-order valence-electron chi connectivity index (χ1n) is 5.89. The highest BCUT2D eigenvalue weighted by Crippen LogP contribution is 2.38. The largest absolute Gasteiger partial charge is 0.416 e. The van der Waals surface area contributed by atoms with Crippen LogP contribution in [0.15, 0.2) is 24.3 Å². The maximum absolute atomic E-state index is 13.1. The summed E-state index contributed by atoms with van der Waals surface area (Å²) in [6.45, 7) is 0.670. The van der Waals surface area contributed by atoms with Crippen LogP contribution >= 0.6 is 0 Å². The molecule has 0 aromatic heterocycles. The van der Waals surface area contributed by atoms with Crippen molar-refractivity contribution in [2.75, 3.05) is 6.54 Å². The van der Waals surface area contributed by atoms with Gasteiger partial charge >= 0.3 is 12.2 Å². The minimum absolute atomic E-state index is 0.351. The number of rotatable bonds is 2. The monoisotopic (exact) mass is 297 g/mol. The van der Waals surface area contributed by atoms with Crippen molar-refractivity contribution >= 4 is 11.9 Å². The molecule has 2 rings (SSSR count). The molecule has 8 heteroatoms. The van der Waals surface area contributed by atoms with Gasteiger partial charge in [0.1, 0.15) is 12.1 Å². The van der Waals surface area contributed by atoms with Gasteiger partial charge in [0, 0.05) is 0 Å². The number of benzene rings is 1. The number of nitrogens with one attached hydrogen (secondary N) is 1. The first-order valence-corrected chi connectivity index (χ1v) is 5.89. The van der Waals surface area contributed by atoms with E-state index in [2.05, 4.69) is 5.32 Å². The van der Waals surface area contributed by atoms with E-state index in [9.17, 15) is 22.8 Å².